The van der Waals surface area contributed by atoms with Crippen molar-refractivity contribution in [3.05, 3.63) is 156 Å². The first-order chi connectivity index (χ1) is 18.2. The van der Waals surface area contributed by atoms with Crippen molar-refractivity contribution in [1.82, 2.24) is 0 Å². The normalized spacial score (nSPS) is 12.4. The Labute approximate surface area is 223 Å². The number of esters is 1. The Hall–Kier alpha value is -3.60. The van der Waals surface area contributed by atoms with Gasteiger partial charge in [0.25, 0.3) is 0 Å². The van der Waals surface area contributed by atoms with Gasteiger partial charge >= 0.3 is 5.97 Å². The van der Waals surface area contributed by atoms with Gasteiger partial charge in [0.1, 0.15) is 6.61 Å². The molecule has 4 aromatic carbocycles. The summed E-state index contributed by atoms with van der Waals surface area (Å²) < 4.78 is 4.92. The number of hydrogen-bond acceptors (Lipinski definition) is 4. The molecule has 0 spiro atoms. The SMILES string of the molecule is O=C(C[C@@H](O)/C=C/CCSC(c1ccccc1)(c1ccccc1)c1ccccc1)OCc1ccccc1. The molecule has 0 unspecified atom stereocenters. The molecule has 3 nitrogen and oxygen atoms in total. The van der Waals surface area contributed by atoms with Crippen LogP contribution in [-0.4, -0.2) is 22.9 Å². The van der Waals surface area contributed by atoms with Crippen LogP contribution < -0.4 is 0 Å². The predicted molar refractivity (Wildman–Crippen MR) is 152 cm³/mol. The predicted octanol–water partition coefficient (Wildman–Crippen LogP) is 7.15. The van der Waals surface area contributed by atoms with Crippen molar-refractivity contribution < 1.29 is 14.6 Å². The molecule has 0 radical (unpaired) electrons. The minimum absolute atomic E-state index is 0.0571. The lowest BCUT2D eigenvalue weighted by Crippen LogP contribution is -2.26. The summed E-state index contributed by atoms with van der Waals surface area (Å²) in [6, 6.07) is 41.3. The summed E-state index contributed by atoms with van der Waals surface area (Å²) >= 11 is 1.88. The van der Waals surface area contributed by atoms with Gasteiger partial charge in [-0.1, -0.05) is 133 Å². The molecule has 4 rings (SSSR count). The lowest BCUT2D eigenvalue weighted by molar-refractivity contribution is -0.146. The number of hydrogen-bond donors (Lipinski definition) is 1. The van der Waals surface area contributed by atoms with Crippen LogP contribution in [0.25, 0.3) is 0 Å². The Morgan fingerprint density at radius 3 is 1.70 bits per heavy atom. The van der Waals surface area contributed by atoms with Crippen LogP contribution in [-0.2, 0) is 20.9 Å². The van der Waals surface area contributed by atoms with Crippen molar-refractivity contribution in [3.63, 3.8) is 0 Å². The maximum Gasteiger partial charge on any atom is 0.309 e. The van der Waals surface area contributed by atoms with Crippen molar-refractivity contribution in [1.29, 1.82) is 0 Å². The van der Waals surface area contributed by atoms with Gasteiger partial charge < -0.3 is 9.84 Å². The fraction of sp³-hybridized carbons (Fsp3) is 0.182. The summed E-state index contributed by atoms with van der Waals surface area (Å²) in [5.74, 6) is 0.423. The molecule has 0 saturated carbocycles. The van der Waals surface area contributed by atoms with Crippen molar-refractivity contribution in [2.24, 2.45) is 0 Å². The van der Waals surface area contributed by atoms with Gasteiger partial charge in [0.05, 0.1) is 17.3 Å². The molecule has 0 saturated heterocycles. The van der Waals surface area contributed by atoms with Gasteiger partial charge in [-0.25, -0.2) is 0 Å². The smallest absolute Gasteiger partial charge is 0.309 e. The van der Waals surface area contributed by atoms with Crippen molar-refractivity contribution in [2.45, 2.75) is 30.3 Å². The first kappa shape index (κ1) is 26.5. The molecule has 1 atom stereocenters. The third-order valence-corrected chi connectivity index (χ3v) is 7.70. The first-order valence-corrected chi connectivity index (χ1v) is 13.5. The molecule has 0 amide bonds. The van der Waals surface area contributed by atoms with E-state index < -0.39 is 12.1 Å². The van der Waals surface area contributed by atoms with Crippen molar-refractivity contribution in [3.8, 4) is 0 Å². The van der Waals surface area contributed by atoms with Gasteiger partial charge in [-0.2, -0.15) is 0 Å². The molecule has 4 heteroatoms. The number of benzene rings is 4. The lowest BCUT2D eigenvalue weighted by Gasteiger charge is -2.35. The molecule has 0 aliphatic rings. The fourth-order valence-corrected chi connectivity index (χ4v) is 5.81. The molecule has 0 aromatic heterocycles. The monoisotopic (exact) mass is 508 g/mol. The second-order valence-electron chi connectivity index (χ2n) is 8.76. The van der Waals surface area contributed by atoms with Crippen LogP contribution in [0.4, 0.5) is 0 Å². The molecule has 0 fully saturated rings. The zero-order valence-corrected chi connectivity index (χ0v) is 21.6. The van der Waals surface area contributed by atoms with E-state index in [0.717, 1.165) is 17.7 Å². The molecular weight excluding hydrogens is 476 g/mol. The van der Waals surface area contributed by atoms with E-state index in [0.29, 0.717) is 0 Å². The van der Waals surface area contributed by atoms with Gasteiger partial charge in [0.15, 0.2) is 0 Å². The second kappa shape index (κ2) is 13.6. The van der Waals surface area contributed by atoms with E-state index in [2.05, 4.69) is 72.8 Å². The summed E-state index contributed by atoms with van der Waals surface area (Å²) in [5.41, 5.74) is 4.60. The fourth-order valence-electron chi connectivity index (χ4n) is 4.34. The third-order valence-electron chi connectivity index (χ3n) is 6.12. The average molecular weight is 509 g/mol. The van der Waals surface area contributed by atoms with Gasteiger partial charge in [-0.15, -0.1) is 11.8 Å². The van der Waals surface area contributed by atoms with Crippen LogP contribution in [0.1, 0.15) is 35.1 Å². The van der Waals surface area contributed by atoms with Crippen LogP contribution in [0.2, 0.25) is 0 Å². The number of allylic oxidation sites excluding steroid dienone is 1. The van der Waals surface area contributed by atoms with Crippen LogP contribution >= 0.6 is 11.8 Å². The van der Waals surface area contributed by atoms with Gasteiger partial charge in [0, 0.05) is 0 Å². The largest absolute Gasteiger partial charge is 0.461 e. The maximum atomic E-state index is 12.1. The lowest BCUT2D eigenvalue weighted by atomic mass is 9.84. The molecule has 188 valence electrons. The van der Waals surface area contributed by atoms with E-state index in [1.54, 1.807) is 6.08 Å². The van der Waals surface area contributed by atoms with Gasteiger partial charge in [-0.3, -0.25) is 4.79 Å². The van der Waals surface area contributed by atoms with E-state index in [9.17, 15) is 9.90 Å². The molecule has 4 aromatic rings. The van der Waals surface area contributed by atoms with E-state index in [1.807, 2.05) is 66.4 Å². The molecule has 1 N–H and O–H groups in total. The molecular formula is C33H32O3S. The Balaban J connectivity index is 1.41. The summed E-state index contributed by atoms with van der Waals surface area (Å²) in [7, 11) is 0. The van der Waals surface area contributed by atoms with Crippen LogP contribution in [0, 0.1) is 0 Å². The average Bonchev–Trinajstić information content (AvgIpc) is 2.96. The van der Waals surface area contributed by atoms with E-state index in [4.69, 9.17) is 4.74 Å². The summed E-state index contributed by atoms with van der Waals surface area (Å²) in [6.07, 6.45) is 3.48. The first-order valence-electron chi connectivity index (χ1n) is 12.5. The maximum absolute atomic E-state index is 12.1. The number of ether oxygens (including phenoxy) is 1. The highest BCUT2D eigenvalue weighted by Gasteiger charge is 2.36. The number of carbonyl (C=O) groups is 1. The van der Waals surface area contributed by atoms with E-state index >= 15 is 0 Å². The Morgan fingerprint density at radius 2 is 1.22 bits per heavy atom. The molecule has 0 bridgehead atoms. The zero-order chi connectivity index (χ0) is 25.8. The van der Waals surface area contributed by atoms with Crippen LogP contribution in [0.3, 0.4) is 0 Å². The van der Waals surface area contributed by atoms with E-state index in [-0.39, 0.29) is 17.8 Å². The Kier molecular flexibility index (Phi) is 9.75. The number of aliphatic hydroxyl groups excluding tert-OH is 1. The highest BCUT2D eigenvalue weighted by atomic mass is 32.2. The van der Waals surface area contributed by atoms with Crippen molar-refractivity contribution >= 4 is 17.7 Å². The minimum atomic E-state index is -0.865. The molecule has 0 heterocycles. The standard InChI is InChI=1S/C33H32O3S/c34-31(25-32(35)36-26-27-15-5-1-6-16-27)23-13-14-24-37-33(28-17-7-2-8-18-28,29-19-9-3-10-20-29)30-21-11-4-12-22-30/h1-13,15-23,31,34H,14,24-26H2/b23-13+/t31-/m0/s1. The number of rotatable bonds is 12. The van der Waals surface area contributed by atoms with Crippen LogP contribution in [0.15, 0.2) is 133 Å². The molecule has 0 aliphatic carbocycles. The quantitative estimate of drug-likeness (QED) is 0.0955. The number of carbonyl (C=O) groups excluding carboxylic acids is 1. The summed E-state index contributed by atoms with van der Waals surface area (Å²) in [4.78, 5) is 12.1. The van der Waals surface area contributed by atoms with E-state index in [1.165, 1.54) is 16.7 Å². The minimum Gasteiger partial charge on any atom is -0.461 e. The highest BCUT2D eigenvalue weighted by molar-refractivity contribution is 8.00. The number of aliphatic hydroxyl groups is 1. The Morgan fingerprint density at radius 1 is 0.757 bits per heavy atom. The summed E-state index contributed by atoms with van der Waals surface area (Å²) in [6.45, 7) is 0.216. The topological polar surface area (TPSA) is 46.5 Å². The zero-order valence-electron chi connectivity index (χ0n) is 20.8. The van der Waals surface area contributed by atoms with Crippen LogP contribution in [0.5, 0.6) is 0 Å². The summed E-state index contributed by atoms with van der Waals surface area (Å²) in [5, 5.41) is 10.3. The highest BCUT2D eigenvalue weighted by Crippen LogP contribution is 2.48. The molecule has 0 aliphatic heterocycles. The van der Waals surface area contributed by atoms with Gasteiger partial charge in [-0.05, 0) is 34.4 Å². The number of thioether (sulfide) groups is 1. The van der Waals surface area contributed by atoms with Gasteiger partial charge in [0.2, 0.25) is 0 Å². The van der Waals surface area contributed by atoms with Crippen molar-refractivity contribution in [2.75, 3.05) is 5.75 Å². The third kappa shape index (κ3) is 7.22. The Bertz CT molecular complexity index is 1150. The second-order valence-corrected chi connectivity index (χ2v) is 10.1. The molecule has 37 heavy (non-hydrogen) atoms.